The highest BCUT2D eigenvalue weighted by Gasteiger charge is 2.04. The highest BCUT2D eigenvalue weighted by Crippen LogP contribution is 2.22. The number of carbonyl (C=O) groups is 1. The Hall–Kier alpha value is -1.59. The maximum atomic E-state index is 10.4. The minimum atomic E-state index is -1.13. The first-order valence-electron chi connectivity index (χ1n) is 5.56. The summed E-state index contributed by atoms with van der Waals surface area (Å²) in [6.07, 6.45) is -0.170. The molecule has 0 spiro atoms. The Labute approximate surface area is 119 Å². The molecule has 1 aromatic carbocycles. The van der Waals surface area contributed by atoms with Crippen LogP contribution in [0.15, 0.2) is 23.6 Å². The van der Waals surface area contributed by atoms with E-state index in [1.807, 2.05) is 13.0 Å². The fraction of sp³-hybridized carbons (Fsp3) is 0.231. The zero-order chi connectivity index (χ0) is 13.8. The lowest BCUT2D eigenvalue weighted by molar-refractivity contribution is -0.304. The number of carbonyl (C=O) groups excluding carboxylic acids is 1. The van der Waals surface area contributed by atoms with Gasteiger partial charge in [0.2, 0.25) is 0 Å². The van der Waals surface area contributed by atoms with Gasteiger partial charge in [-0.2, -0.15) is 0 Å². The van der Waals surface area contributed by atoms with Gasteiger partial charge in [-0.1, -0.05) is 11.6 Å². The summed E-state index contributed by atoms with van der Waals surface area (Å²) in [6, 6.07) is 5.40. The predicted molar refractivity (Wildman–Crippen MR) is 71.3 cm³/mol. The van der Waals surface area contributed by atoms with Crippen LogP contribution in [0.4, 0.5) is 0 Å². The van der Waals surface area contributed by atoms with E-state index in [1.54, 1.807) is 17.5 Å². The van der Waals surface area contributed by atoms with Crippen molar-refractivity contribution in [3.8, 4) is 5.75 Å². The number of benzene rings is 1. The molecule has 6 heteroatoms. The summed E-state index contributed by atoms with van der Waals surface area (Å²) in [5.41, 5.74) is 1.44. The first kappa shape index (κ1) is 13.8. The number of aromatic nitrogens is 1. The van der Waals surface area contributed by atoms with Crippen LogP contribution in [0.2, 0.25) is 5.02 Å². The van der Waals surface area contributed by atoms with Gasteiger partial charge in [0, 0.05) is 22.8 Å². The van der Waals surface area contributed by atoms with Crippen LogP contribution in [0.3, 0.4) is 0 Å². The van der Waals surface area contributed by atoms with E-state index < -0.39 is 5.97 Å². The Kier molecular flexibility index (Phi) is 4.39. The zero-order valence-corrected chi connectivity index (χ0v) is 11.8. The van der Waals surface area contributed by atoms with Gasteiger partial charge in [-0.25, -0.2) is 4.98 Å². The molecule has 0 saturated heterocycles. The van der Waals surface area contributed by atoms with Crippen molar-refractivity contribution < 1.29 is 14.6 Å². The third-order valence-corrected chi connectivity index (χ3v) is 3.71. The molecule has 2 rings (SSSR count). The molecule has 0 bridgehead atoms. The molecule has 0 fully saturated rings. The van der Waals surface area contributed by atoms with Crippen molar-refractivity contribution in [3.63, 3.8) is 0 Å². The molecular formula is C13H11ClNO3S-. The second-order valence-electron chi connectivity index (χ2n) is 3.98. The van der Waals surface area contributed by atoms with Crippen molar-refractivity contribution in [1.82, 2.24) is 4.98 Å². The SMILES string of the molecule is Cc1cc(OCc2nc(CC(=O)[O-])cs2)ccc1Cl. The molecule has 100 valence electrons. The molecule has 0 aliphatic carbocycles. The number of halogens is 1. The van der Waals surface area contributed by atoms with Crippen LogP contribution in [-0.4, -0.2) is 11.0 Å². The van der Waals surface area contributed by atoms with Gasteiger partial charge in [-0.3, -0.25) is 0 Å². The molecule has 19 heavy (non-hydrogen) atoms. The highest BCUT2D eigenvalue weighted by molar-refractivity contribution is 7.09. The first-order valence-corrected chi connectivity index (χ1v) is 6.82. The van der Waals surface area contributed by atoms with E-state index in [4.69, 9.17) is 16.3 Å². The Morgan fingerprint density at radius 1 is 1.53 bits per heavy atom. The number of rotatable bonds is 5. The molecule has 0 aliphatic rings. The number of ether oxygens (including phenoxy) is 1. The second-order valence-corrected chi connectivity index (χ2v) is 5.33. The zero-order valence-electron chi connectivity index (χ0n) is 10.2. The maximum Gasteiger partial charge on any atom is 0.140 e. The molecule has 0 radical (unpaired) electrons. The van der Waals surface area contributed by atoms with Gasteiger partial charge < -0.3 is 14.6 Å². The van der Waals surface area contributed by atoms with Crippen molar-refractivity contribution in [2.75, 3.05) is 0 Å². The van der Waals surface area contributed by atoms with Crippen molar-refractivity contribution in [2.45, 2.75) is 20.0 Å². The van der Waals surface area contributed by atoms with Gasteiger partial charge in [-0.15, -0.1) is 11.3 Å². The van der Waals surface area contributed by atoms with E-state index in [0.29, 0.717) is 23.1 Å². The monoisotopic (exact) mass is 296 g/mol. The van der Waals surface area contributed by atoms with Gasteiger partial charge in [0.15, 0.2) is 0 Å². The van der Waals surface area contributed by atoms with Crippen LogP contribution in [0.5, 0.6) is 5.75 Å². The molecule has 4 nitrogen and oxygen atoms in total. The Morgan fingerprint density at radius 2 is 2.32 bits per heavy atom. The number of nitrogens with zero attached hydrogens (tertiary/aromatic N) is 1. The molecule has 0 amide bonds. The number of carboxylic acids is 1. The van der Waals surface area contributed by atoms with E-state index in [1.165, 1.54) is 11.3 Å². The fourth-order valence-electron chi connectivity index (χ4n) is 1.50. The van der Waals surface area contributed by atoms with Gasteiger partial charge in [-0.05, 0) is 30.7 Å². The fourth-order valence-corrected chi connectivity index (χ4v) is 2.32. The summed E-state index contributed by atoms with van der Waals surface area (Å²) in [4.78, 5) is 14.6. The van der Waals surface area contributed by atoms with Gasteiger partial charge in [0.25, 0.3) is 0 Å². The summed E-state index contributed by atoms with van der Waals surface area (Å²) >= 11 is 7.29. The lowest BCUT2D eigenvalue weighted by atomic mass is 10.2. The van der Waals surface area contributed by atoms with E-state index in [9.17, 15) is 9.90 Å². The summed E-state index contributed by atoms with van der Waals surface area (Å²) in [5, 5.41) is 13.6. The van der Waals surface area contributed by atoms with Gasteiger partial charge in [0.1, 0.15) is 17.4 Å². The molecule has 2 aromatic rings. The van der Waals surface area contributed by atoms with Gasteiger partial charge >= 0.3 is 0 Å². The summed E-state index contributed by atoms with van der Waals surface area (Å²) in [7, 11) is 0. The molecule has 0 N–H and O–H groups in total. The van der Waals surface area contributed by atoms with Crippen molar-refractivity contribution in [2.24, 2.45) is 0 Å². The van der Waals surface area contributed by atoms with Crippen molar-refractivity contribution >= 4 is 28.9 Å². The molecule has 0 saturated carbocycles. The van der Waals surface area contributed by atoms with E-state index in [-0.39, 0.29) is 6.42 Å². The summed E-state index contributed by atoms with van der Waals surface area (Å²) < 4.78 is 5.57. The van der Waals surface area contributed by atoms with Crippen LogP contribution < -0.4 is 9.84 Å². The van der Waals surface area contributed by atoms with Crippen LogP contribution in [0, 0.1) is 6.92 Å². The number of aryl methyl sites for hydroxylation is 1. The molecule has 0 aliphatic heterocycles. The third kappa shape index (κ3) is 3.94. The van der Waals surface area contributed by atoms with Crippen LogP contribution in [0.1, 0.15) is 16.3 Å². The number of thiazole rings is 1. The second kappa shape index (κ2) is 6.04. The van der Waals surface area contributed by atoms with Crippen molar-refractivity contribution in [1.29, 1.82) is 0 Å². The lowest BCUT2D eigenvalue weighted by Crippen LogP contribution is -2.24. The van der Waals surface area contributed by atoms with E-state index in [0.717, 1.165) is 10.6 Å². The summed E-state index contributed by atoms with van der Waals surface area (Å²) in [6.45, 7) is 2.20. The first-order chi connectivity index (χ1) is 9.04. The Morgan fingerprint density at radius 3 is 3.00 bits per heavy atom. The van der Waals surface area contributed by atoms with Crippen LogP contribution in [-0.2, 0) is 17.8 Å². The number of hydrogen-bond acceptors (Lipinski definition) is 5. The number of hydrogen-bond donors (Lipinski definition) is 0. The van der Waals surface area contributed by atoms with Crippen LogP contribution >= 0.6 is 22.9 Å². The molecule has 1 heterocycles. The highest BCUT2D eigenvalue weighted by atomic mass is 35.5. The molecule has 0 atom stereocenters. The maximum absolute atomic E-state index is 10.4. The number of carboxylic acid groups (broad SMARTS) is 1. The summed E-state index contributed by atoms with van der Waals surface area (Å²) in [5.74, 6) is -0.426. The Bertz CT molecular complexity index is 597. The minimum absolute atomic E-state index is 0.170. The molecule has 0 unspecified atom stereocenters. The van der Waals surface area contributed by atoms with E-state index in [2.05, 4.69) is 4.98 Å². The average Bonchev–Trinajstić information content (AvgIpc) is 2.77. The topological polar surface area (TPSA) is 62.2 Å². The predicted octanol–water partition coefficient (Wildman–Crippen LogP) is 1.98. The largest absolute Gasteiger partial charge is 0.550 e. The molecule has 1 aromatic heterocycles. The quantitative estimate of drug-likeness (QED) is 0.846. The van der Waals surface area contributed by atoms with E-state index >= 15 is 0 Å². The number of aliphatic carboxylic acids is 1. The van der Waals surface area contributed by atoms with Crippen LogP contribution in [0.25, 0.3) is 0 Å². The smallest absolute Gasteiger partial charge is 0.140 e. The minimum Gasteiger partial charge on any atom is -0.550 e. The Balaban J connectivity index is 1.96. The lowest BCUT2D eigenvalue weighted by Gasteiger charge is -2.05. The standard InChI is InChI=1S/C13H12ClNO3S/c1-8-4-10(2-3-11(8)14)18-6-12-15-9(7-19-12)5-13(16)17/h2-4,7H,5-6H2,1H3,(H,16,17)/p-1. The normalized spacial score (nSPS) is 10.4. The van der Waals surface area contributed by atoms with Gasteiger partial charge in [0.05, 0.1) is 5.69 Å². The third-order valence-electron chi connectivity index (χ3n) is 2.42. The average molecular weight is 297 g/mol. The molecular weight excluding hydrogens is 286 g/mol. The van der Waals surface area contributed by atoms with Crippen molar-refractivity contribution in [3.05, 3.63) is 44.9 Å².